The average Bonchev–Trinajstić information content (AvgIpc) is 2.24. The molecule has 82 valence electrons. The van der Waals surface area contributed by atoms with Crippen molar-refractivity contribution in [3.05, 3.63) is 35.4 Å². The Morgan fingerprint density at radius 1 is 1.38 bits per heavy atom. The standard InChI is InChI=1S/C12H10O3S/c1-9(13)16-8-4-6-10-5-2-3-7-11(10)12(14)15/h2-3,5,7H,8H2,1H3,(H,14,15). The van der Waals surface area contributed by atoms with Crippen LogP contribution < -0.4 is 0 Å². The summed E-state index contributed by atoms with van der Waals surface area (Å²) in [7, 11) is 0. The molecular weight excluding hydrogens is 224 g/mol. The van der Waals surface area contributed by atoms with Crippen molar-refractivity contribution in [1.29, 1.82) is 0 Å². The molecule has 0 spiro atoms. The first-order valence-electron chi connectivity index (χ1n) is 4.56. The summed E-state index contributed by atoms with van der Waals surface area (Å²) in [6.45, 7) is 1.47. The first kappa shape index (κ1) is 12.3. The summed E-state index contributed by atoms with van der Waals surface area (Å²) < 4.78 is 0. The van der Waals surface area contributed by atoms with Crippen LogP contribution in [0.2, 0.25) is 0 Å². The molecule has 0 unspecified atom stereocenters. The lowest BCUT2D eigenvalue weighted by molar-refractivity contribution is -0.109. The van der Waals surface area contributed by atoms with Crippen LogP contribution in [0.25, 0.3) is 0 Å². The summed E-state index contributed by atoms with van der Waals surface area (Å²) in [4.78, 5) is 21.5. The summed E-state index contributed by atoms with van der Waals surface area (Å²) >= 11 is 1.10. The molecular formula is C12H10O3S. The molecule has 0 saturated heterocycles. The maximum Gasteiger partial charge on any atom is 0.336 e. The third-order valence-corrected chi connectivity index (χ3v) is 2.42. The van der Waals surface area contributed by atoms with E-state index >= 15 is 0 Å². The number of thioether (sulfide) groups is 1. The van der Waals surface area contributed by atoms with E-state index in [4.69, 9.17) is 5.11 Å². The van der Waals surface area contributed by atoms with E-state index in [2.05, 4.69) is 11.8 Å². The van der Waals surface area contributed by atoms with Gasteiger partial charge in [0, 0.05) is 12.5 Å². The fraction of sp³-hybridized carbons (Fsp3) is 0.167. The molecule has 0 saturated carbocycles. The molecule has 1 rings (SSSR count). The van der Waals surface area contributed by atoms with Gasteiger partial charge in [-0.25, -0.2) is 4.79 Å². The number of aromatic carboxylic acids is 1. The Bertz CT molecular complexity index is 469. The third-order valence-electron chi connectivity index (χ3n) is 1.73. The van der Waals surface area contributed by atoms with Crippen molar-refractivity contribution in [2.75, 3.05) is 5.75 Å². The van der Waals surface area contributed by atoms with E-state index in [1.807, 2.05) is 0 Å². The van der Waals surface area contributed by atoms with E-state index in [1.54, 1.807) is 18.2 Å². The van der Waals surface area contributed by atoms with Crippen molar-refractivity contribution in [3.63, 3.8) is 0 Å². The highest BCUT2D eigenvalue weighted by Crippen LogP contribution is 2.07. The van der Waals surface area contributed by atoms with Gasteiger partial charge in [-0.2, -0.15) is 0 Å². The minimum atomic E-state index is -0.996. The maximum atomic E-state index is 10.8. The largest absolute Gasteiger partial charge is 0.478 e. The summed E-state index contributed by atoms with van der Waals surface area (Å²) in [6.07, 6.45) is 0. The van der Waals surface area contributed by atoms with E-state index in [9.17, 15) is 9.59 Å². The molecule has 0 atom stereocenters. The minimum absolute atomic E-state index is 0.000759. The van der Waals surface area contributed by atoms with Crippen LogP contribution in [0.5, 0.6) is 0 Å². The van der Waals surface area contributed by atoms with Crippen molar-refractivity contribution in [3.8, 4) is 11.8 Å². The van der Waals surface area contributed by atoms with E-state index in [0.29, 0.717) is 11.3 Å². The molecule has 0 fully saturated rings. The highest BCUT2D eigenvalue weighted by atomic mass is 32.2. The van der Waals surface area contributed by atoms with Gasteiger partial charge in [0.25, 0.3) is 0 Å². The molecule has 3 nitrogen and oxygen atoms in total. The molecule has 1 N–H and O–H groups in total. The van der Waals surface area contributed by atoms with Crippen LogP contribution in [0.4, 0.5) is 0 Å². The van der Waals surface area contributed by atoms with Crippen LogP contribution in [0, 0.1) is 11.8 Å². The quantitative estimate of drug-likeness (QED) is 0.795. The zero-order chi connectivity index (χ0) is 12.0. The molecule has 0 radical (unpaired) electrons. The van der Waals surface area contributed by atoms with Crippen molar-refractivity contribution in [1.82, 2.24) is 0 Å². The Morgan fingerprint density at radius 2 is 2.06 bits per heavy atom. The van der Waals surface area contributed by atoms with Gasteiger partial charge in [0.15, 0.2) is 5.12 Å². The van der Waals surface area contributed by atoms with Gasteiger partial charge in [0.05, 0.1) is 11.3 Å². The van der Waals surface area contributed by atoms with Gasteiger partial charge in [-0.15, -0.1) is 0 Å². The van der Waals surface area contributed by atoms with Crippen LogP contribution in [-0.4, -0.2) is 21.9 Å². The number of rotatable bonds is 2. The van der Waals surface area contributed by atoms with Crippen LogP contribution >= 0.6 is 11.8 Å². The van der Waals surface area contributed by atoms with Crippen molar-refractivity contribution in [2.24, 2.45) is 0 Å². The third kappa shape index (κ3) is 3.79. The molecule has 0 aliphatic rings. The number of benzene rings is 1. The molecule has 1 aromatic carbocycles. The monoisotopic (exact) mass is 234 g/mol. The fourth-order valence-electron chi connectivity index (χ4n) is 1.05. The highest BCUT2D eigenvalue weighted by Gasteiger charge is 2.05. The predicted octanol–water partition coefficient (Wildman–Crippen LogP) is 2.02. The Morgan fingerprint density at radius 3 is 2.69 bits per heavy atom. The lowest BCUT2D eigenvalue weighted by atomic mass is 10.1. The number of carboxylic acid groups (broad SMARTS) is 1. The molecule has 0 aliphatic heterocycles. The second-order valence-electron chi connectivity index (χ2n) is 2.93. The number of hydrogen-bond acceptors (Lipinski definition) is 3. The van der Waals surface area contributed by atoms with Gasteiger partial charge in [-0.05, 0) is 12.1 Å². The van der Waals surface area contributed by atoms with Gasteiger partial charge in [-0.3, -0.25) is 4.79 Å². The first-order chi connectivity index (χ1) is 7.61. The van der Waals surface area contributed by atoms with Crippen LogP contribution in [-0.2, 0) is 4.79 Å². The summed E-state index contributed by atoms with van der Waals surface area (Å²) in [6, 6.07) is 6.53. The molecule has 0 heterocycles. The van der Waals surface area contributed by atoms with Gasteiger partial charge in [0.1, 0.15) is 0 Å². The topological polar surface area (TPSA) is 54.4 Å². The summed E-state index contributed by atoms with van der Waals surface area (Å²) in [5, 5.41) is 8.88. The predicted molar refractivity (Wildman–Crippen MR) is 63.4 cm³/mol. The SMILES string of the molecule is CC(=O)SCC#Cc1ccccc1C(=O)O. The molecule has 0 aliphatic carbocycles. The Balaban J connectivity index is 2.80. The van der Waals surface area contributed by atoms with Crippen LogP contribution in [0.3, 0.4) is 0 Å². The Hall–Kier alpha value is -1.73. The van der Waals surface area contributed by atoms with Gasteiger partial charge in [0.2, 0.25) is 0 Å². The molecule has 0 aromatic heterocycles. The molecule has 4 heteroatoms. The molecule has 16 heavy (non-hydrogen) atoms. The van der Waals surface area contributed by atoms with Crippen molar-refractivity contribution >= 4 is 22.8 Å². The van der Waals surface area contributed by atoms with Crippen LogP contribution in [0.15, 0.2) is 24.3 Å². The normalized spacial score (nSPS) is 9.06. The molecule has 1 aromatic rings. The molecule has 0 amide bonds. The second kappa shape index (κ2) is 5.99. The Labute approximate surface area is 97.9 Å². The van der Waals surface area contributed by atoms with Gasteiger partial charge in [-0.1, -0.05) is 35.7 Å². The zero-order valence-corrected chi connectivity index (χ0v) is 9.50. The van der Waals surface area contributed by atoms with Crippen LogP contribution in [0.1, 0.15) is 22.8 Å². The van der Waals surface area contributed by atoms with Crippen molar-refractivity contribution < 1.29 is 14.7 Å². The number of carbonyl (C=O) groups excluding carboxylic acids is 1. The number of carboxylic acids is 1. The smallest absolute Gasteiger partial charge is 0.336 e. The fourth-order valence-corrected chi connectivity index (χ4v) is 1.40. The van der Waals surface area contributed by atoms with E-state index in [1.165, 1.54) is 13.0 Å². The first-order valence-corrected chi connectivity index (χ1v) is 5.54. The lowest BCUT2D eigenvalue weighted by Crippen LogP contribution is -1.99. The average molecular weight is 234 g/mol. The molecule has 0 bridgehead atoms. The second-order valence-corrected chi connectivity index (χ2v) is 4.09. The van der Waals surface area contributed by atoms with Gasteiger partial charge < -0.3 is 5.11 Å². The number of hydrogen-bond donors (Lipinski definition) is 1. The zero-order valence-electron chi connectivity index (χ0n) is 8.69. The number of carbonyl (C=O) groups is 2. The van der Waals surface area contributed by atoms with E-state index in [-0.39, 0.29) is 10.7 Å². The van der Waals surface area contributed by atoms with E-state index in [0.717, 1.165) is 11.8 Å². The summed E-state index contributed by atoms with van der Waals surface area (Å²) in [5.74, 6) is 4.89. The Kier molecular flexibility index (Phi) is 4.62. The van der Waals surface area contributed by atoms with Crippen molar-refractivity contribution in [2.45, 2.75) is 6.92 Å². The lowest BCUT2D eigenvalue weighted by Gasteiger charge is -1.96. The highest BCUT2D eigenvalue weighted by molar-refractivity contribution is 8.13. The van der Waals surface area contributed by atoms with E-state index < -0.39 is 5.97 Å². The summed E-state index contributed by atoms with van der Waals surface area (Å²) in [5.41, 5.74) is 0.655. The minimum Gasteiger partial charge on any atom is -0.478 e. The van der Waals surface area contributed by atoms with Gasteiger partial charge >= 0.3 is 5.97 Å². The maximum absolute atomic E-state index is 10.8.